The fourth-order valence-electron chi connectivity index (χ4n) is 2.14. The van der Waals surface area contributed by atoms with E-state index in [1.165, 1.54) is 0 Å². The summed E-state index contributed by atoms with van der Waals surface area (Å²) in [4.78, 5) is 13.8. The molecule has 1 saturated heterocycles. The van der Waals surface area contributed by atoms with Crippen molar-refractivity contribution in [3.05, 3.63) is 23.7 Å². The molecular weight excluding hydrogens is 244 g/mol. The van der Waals surface area contributed by atoms with Crippen molar-refractivity contribution in [1.82, 2.24) is 10.2 Å². The predicted molar refractivity (Wildman–Crippen MR) is 72.0 cm³/mol. The van der Waals surface area contributed by atoms with E-state index >= 15 is 0 Å². The van der Waals surface area contributed by atoms with Crippen molar-refractivity contribution in [2.45, 2.75) is 25.8 Å². The molecule has 1 atom stereocenters. The largest absolute Gasteiger partial charge is 0.466 e. The molecule has 0 aromatic carbocycles. The summed E-state index contributed by atoms with van der Waals surface area (Å²) in [5.41, 5.74) is 0. The Labute approximate surface area is 113 Å². The first kappa shape index (κ1) is 14.1. The van der Waals surface area contributed by atoms with Gasteiger partial charge in [-0.25, -0.2) is 0 Å². The molecule has 2 heterocycles. The Balaban J connectivity index is 1.72. The fraction of sp³-hybridized carbons (Fsp3) is 0.643. The Kier molecular flexibility index (Phi) is 4.99. The minimum Gasteiger partial charge on any atom is -0.466 e. The van der Waals surface area contributed by atoms with Crippen molar-refractivity contribution in [3.8, 4) is 0 Å². The summed E-state index contributed by atoms with van der Waals surface area (Å²) in [6, 6.07) is 4.06. The van der Waals surface area contributed by atoms with E-state index in [4.69, 9.17) is 9.15 Å². The molecular formula is C14H22N2O3. The third-order valence-corrected chi connectivity index (χ3v) is 3.33. The highest BCUT2D eigenvalue weighted by Crippen LogP contribution is 2.08. The molecule has 0 radical (unpaired) electrons. The lowest BCUT2D eigenvalue weighted by molar-refractivity contribution is -0.131. The van der Waals surface area contributed by atoms with E-state index in [0.29, 0.717) is 19.6 Å². The lowest BCUT2D eigenvalue weighted by Gasteiger charge is -2.25. The van der Waals surface area contributed by atoms with Crippen molar-refractivity contribution in [3.63, 3.8) is 0 Å². The van der Waals surface area contributed by atoms with Crippen LogP contribution in [0.2, 0.25) is 0 Å². The Hall–Kier alpha value is -1.33. The number of ether oxygens (including phenoxy) is 1. The minimum atomic E-state index is 0.145. The minimum absolute atomic E-state index is 0.145. The molecule has 2 rings (SSSR count). The molecule has 5 nitrogen and oxygen atoms in total. The molecule has 1 aromatic heterocycles. The van der Waals surface area contributed by atoms with Crippen LogP contribution in [0.15, 0.2) is 16.5 Å². The molecule has 1 aliphatic heterocycles. The number of hydrogen-bond donors (Lipinski definition) is 1. The van der Waals surface area contributed by atoms with Crippen molar-refractivity contribution in [2.75, 3.05) is 33.4 Å². The first-order valence-electron chi connectivity index (χ1n) is 6.75. The van der Waals surface area contributed by atoms with Crippen LogP contribution in [0.25, 0.3) is 0 Å². The number of nitrogens with one attached hydrogen (secondary N) is 1. The second-order valence-corrected chi connectivity index (χ2v) is 5.01. The second kappa shape index (κ2) is 6.73. The van der Waals surface area contributed by atoms with Crippen LogP contribution in [0.3, 0.4) is 0 Å². The van der Waals surface area contributed by atoms with E-state index in [2.05, 4.69) is 5.32 Å². The molecule has 19 heavy (non-hydrogen) atoms. The summed E-state index contributed by atoms with van der Waals surface area (Å²) in [6.45, 7) is 4.79. The number of nitrogens with zero attached hydrogens (tertiary/aromatic N) is 1. The van der Waals surface area contributed by atoms with Gasteiger partial charge in [-0.2, -0.15) is 0 Å². The molecule has 1 fully saturated rings. The maximum absolute atomic E-state index is 12.0. The van der Waals surface area contributed by atoms with Crippen LogP contribution in [0.1, 0.15) is 17.9 Å². The highest BCUT2D eigenvalue weighted by molar-refractivity contribution is 5.76. The molecule has 0 spiro atoms. The number of carbonyl (C=O) groups excluding carboxylic acids is 1. The van der Waals surface area contributed by atoms with Crippen LogP contribution in [0.5, 0.6) is 0 Å². The zero-order valence-corrected chi connectivity index (χ0v) is 11.6. The number of aryl methyl sites for hydroxylation is 1. The van der Waals surface area contributed by atoms with Gasteiger partial charge in [0.05, 0.1) is 13.2 Å². The number of amides is 1. The van der Waals surface area contributed by atoms with E-state index < -0.39 is 0 Å². The first-order chi connectivity index (χ1) is 9.15. The third kappa shape index (κ3) is 4.36. The summed E-state index contributed by atoms with van der Waals surface area (Å²) in [5, 5.41) is 3.29. The molecule has 0 saturated carbocycles. The number of furan rings is 1. The maximum Gasteiger partial charge on any atom is 0.223 e. The van der Waals surface area contributed by atoms with E-state index in [1.807, 2.05) is 26.1 Å². The van der Waals surface area contributed by atoms with Gasteiger partial charge in [-0.15, -0.1) is 0 Å². The van der Waals surface area contributed by atoms with Gasteiger partial charge < -0.3 is 19.4 Å². The summed E-state index contributed by atoms with van der Waals surface area (Å²) < 4.78 is 10.8. The standard InChI is InChI=1S/C14H22N2O3/c1-11-3-4-13(19-11)5-7-16(2)14(17)9-12-10-18-8-6-15-12/h3-4,12,15H,5-10H2,1-2H3. The Bertz CT molecular complexity index is 411. The zero-order chi connectivity index (χ0) is 13.7. The maximum atomic E-state index is 12.0. The van der Waals surface area contributed by atoms with Gasteiger partial charge in [0.1, 0.15) is 11.5 Å². The Morgan fingerprint density at radius 1 is 1.53 bits per heavy atom. The van der Waals surface area contributed by atoms with Crippen molar-refractivity contribution >= 4 is 5.91 Å². The summed E-state index contributed by atoms with van der Waals surface area (Å²) in [6.07, 6.45) is 1.25. The van der Waals surface area contributed by atoms with Gasteiger partial charge in [0, 0.05) is 39.0 Å². The quantitative estimate of drug-likeness (QED) is 0.862. The van der Waals surface area contributed by atoms with Gasteiger partial charge in [0.15, 0.2) is 0 Å². The van der Waals surface area contributed by atoms with Crippen LogP contribution >= 0.6 is 0 Å². The summed E-state index contributed by atoms with van der Waals surface area (Å²) in [5.74, 6) is 1.98. The van der Waals surface area contributed by atoms with Crippen LogP contribution in [-0.2, 0) is 16.0 Å². The molecule has 0 bridgehead atoms. The van der Waals surface area contributed by atoms with Gasteiger partial charge in [-0.1, -0.05) is 0 Å². The van der Waals surface area contributed by atoms with Crippen molar-refractivity contribution in [2.24, 2.45) is 0 Å². The molecule has 1 amide bonds. The predicted octanol–water partition coefficient (Wildman–Crippen LogP) is 0.967. The van der Waals surface area contributed by atoms with E-state index in [9.17, 15) is 4.79 Å². The van der Waals surface area contributed by atoms with Crippen molar-refractivity contribution in [1.29, 1.82) is 0 Å². The molecule has 1 N–H and O–H groups in total. The normalized spacial score (nSPS) is 19.4. The molecule has 1 aromatic rings. The van der Waals surface area contributed by atoms with Gasteiger partial charge in [0.25, 0.3) is 0 Å². The van der Waals surface area contributed by atoms with Crippen LogP contribution < -0.4 is 5.32 Å². The second-order valence-electron chi connectivity index (χ2n) is 5.01. The van der Waals surface area contributed by atoms with Gasteiger partial charge in [-0.3, -0.25) is 4.79 Å². The number of carbonyl (C=O) groups is 1. The third-order valence-electron chi connectivity index (χ3n) is 3.33. The molecule has 0 aliphatic carbocycles. The molecule has 1 aliphatic rings. The van der Waals surface area contributed by atoms with Crippen LogP contribution in [-0.4, -0.2) is 50.2 Å². The van der Waals surface area contributed by atoms with Gasteiger partial charge in [-0.05, 0) is 19.1 Å². The topological polar surface area (TPSA) is 54.7 Å². The smallest absolute Gasteiger partial charge is 0.223 e. The van der Waals surface area contributed by atoms with E-state index in [0.717, 1.165) is 31.1 Å². The highest BCUT2D eigenvalue weighted by Gasteiger charge is 2.19. The summed E-state index contributed by atoms with van der Waals surface area (Å²) in [7, 11) is 1.84. The zero-order valence-electron chi connectivity index (χ0n) is 11.6. The highest BCUT2D eigenvalue weighted by atomic mass is 16.5. The number of morpholine rings is 1. The number of hydrogen-bond acceptors (Lipinski definition) is 4. The van der Waals surface area contributed by atoms with Gasteiger partial charge >= 0.3 is 0 Å². The average Bonchev–Trinajstić information content (AvgIpc) is 2.83. The number of rotatable bonds is 5. The van der Waals surface area contributed by atoms with E-state index in [-0.39, 0.29) is 11.9 Å². The lowest BCUT2D eigenvalue weighted by atomic mass is 10.2. The average molecular weight is 266 g/mol. The first-order valence-corrected chi connectivity index (χ1v) is 6.75. The van der Waals surface area contributed by atoms with E-state index in [1.54, 1.807) is 4.90 Å². The monoisotopic (exact) mass is 266 g/mol. The molecule has 5 heteroatoms. The lowest BCUT2D eigenvalue weighted by Crippen LogP contribution is -2.44. The Morgan fingerprint density at radius 2 is 2.37 bits per heavy atom. The van der Waals surface area contributed by atoms with Crippen LogP contribution in [0.4, 0.5) is 0 Å². The fourth-order valence-corrected chi connectivity index (χ4v) is 2.14. The molecule has 106 valence electrons. The SMILES string of the molecule is Cc1ccc(CCN(C)C(=O)CC2COCCN2)o1. The van der Waals surface area contributed by atoms with Gasteiger partial charge in [0.2, 0.25) is 5.91 Å². The molecule has 1 unspecified atom stereocenters. The van der Waals surface area contributed by atoms with Crippen LogP contribution in [0, 0.1) is 6.92 Å². The Morgan fingerprint density at radius 3 is 3.00 bits per heavy atom. The summed E-state index contributed by atoms with van der Waals surface area (Å²) >= 11 is 0. The van der Waals surface area contributed by atoms with Crippen molar-refractivity contribution < 1.29 is 13.9 Å². The number of likely N-dealkylation sites (N-methyl/N-ethyl adjacent to an activating group) is 1.